The van der Waals surface area contributed by atoms with E-state index < -0.39 is 0 Å². The maximum Gasteiger partial charge on any atom is 0.222 e. The van der Waals surface area contributed by atoms with E-state index in [-0.39, 0.29) is 5.91 Å². The first kappa shape index (κ1) is 17.0. The largest absolute Gasteiger partial charge is 0.493 e. The van der Waals surface area contributed by atoms with E-state index in [0.29, 0.717) is 18.9 Å². The summed E-state index contributed by atoms with van der Waals surface area (Å²) >= 11 is 1.73. The number of nitrogens with zero attached hydrogens (tertiary/aromatic N) is 1. The van der Waals surface area contributed by atoms with Gasteiger partial charge in [0.1, 0.15) is 5.75 Å². The molecule has 1 aliphatic heterocycles. The van der Waals surface area contributed by atoms with Crippen molar-refractivity contribution in [2.45, 2.75) is 32.6 Å². The summed E-state index contributed by atoms with van der Waals surface area (Å²) in [5.74, 6) is 1.64. The van der Waals surface area contributed by atoms with Crippen LogP contribution in [0.4, 0.5) is 0 Å². The van der Waals surface area contributed by atoms with Crippen LogP contribution in [-0.2, 0) is 11.2 Å². The van der Waals surface area contributed by atoms with Gasteiger partial charge < -0.3 is 9.64 Å². The Morgan fingerprint density at radius 2 is 2.12 bits per heavy atom. The number of carbonyl (C=O) groups is 1. The van der Waals surface area contributed by atoms with Crippen molar-refractivity contribution >= 4 is 17.2 Å². The van der Waals surface area contributed by atoms with Crippen molar-refractivity contribution in [2.75, 3.05) is 19.7 Å². The molecule has 1 aliphatic rings. The van der Waals surface area contributed by atoms with Gasteiger partial charge in [0, 0.05) is 30.3 Å². The summed E-state index contributed by atoms with van der Waals surface area (Å²) in [6, 6.07) is 12.3. The lowest BCUT2D eigenvalue weighted by Gasteiger charge is -2.32. The fourth-order valence-corrected chi connectivity index (χ4v) is 3.83. The van der Waals surface area contributed by atoms with Gasteiger partial charge in [-0.15, -0.1) is 11.3 Å². The summed E-state index contributed by atoms with van der Waals surface area (Å²) in [7, 11) is 0. The molecule has 0 N–H and O–H groups in total. The lowest BCUT2D eigenvalue weighted by molar-refractivity contribution is -0.133. The van der Waals surface area contributed by atoms with Crippen LogP contribution in [0.3, 0.4) is 0 Å². The molecule has 24 heavy (non-hydrogen) atoms. The number of amides is 1. The van der Waals surface area contributed by atoms with Gasteiger partial charge in [-0.3, -0.25) is 4.79 Å². The van der Waals surface area contributed by atoms with Crippen LogP contribution in [0.5, 0.6) is 5.75 Å². The van der Waals surface area contributed by atoms with E-state index in [4.69, 9.17) is 4.74 Å². The van der Waals surface area contributed by atoms with Crippen molar-refractivity contribution in [3.63, 3.8) is 0 Å². The van der Waals surface area contributed by atoms with Crippen LogP contribution in [-0.4, -0.2) is 30.5 Å². The normalized spacial score (nSPS) is 17.7. The Morgan fingerprint density at radius 1 is 1.29 bits per heavy atom. The summed E-state index contributed by atoms with van der Waals surface area (Å²) in [6.45, 7) is 4.49. The van der Waals surface area contributed by atoms with E-state index in [1.54, 1.807) is 11.3 Å². The Kier molecular flexibility index (Phi) is 5.91. The van der Waals surface area contributed by atoms with Crippen molar-refractivity contribution in [2.24, 2.45) is 5.92 Å². The second kappa shape index (κ2) is 8.34. The van der Waals surface area contributed by atoms with Gasteiger partial charge in [-0.2, -0.15) is 0 Å². The Bertz CT molecular complexity index is 636. The molecule has 0 aliphatic carbocycles. The number of carbonyl (C=O) groups excluding carboxylic acids is 1. The lowest BCUT2D eigenvalue weighted by atomic mass is 9.98. The molecule has 0 radical (unpaired) electrons. The summed E-state index contributed by atoms with van der Waals surface area (Å²) in [4.78, 5) is 15.8. The molecule has 1 unspecified atom stereocenters. The fourth-order valence-electron chi connectivity index (χ4n) is 3.12. The zero-order valence-electron chi connectivity index (χ0n) is 14.2. The zero-order chi connectivity index (χ0) is 16.8. The van der Waals surface area contributed by atoms with Crippen molar-refractivity contribution in [1.29, 1.82) is 0 Å². The average Bonchev–Trinajstić information content (AvgIpc) is 3.13. The Labute approximate surface area is 148 Å². The third-order valence-electron chi connectivity index (χ3n) is 4.54. The third kappa shape index (κ3) is 4.84. The molecule has 3 nitrogen and oxygen atoms in total. The van der Waals surface area contributed by atoms with E-state index in [0.717, 1.165) is 38.1 Å². The van der Waals surface area contributed by atoms with Gasteiger partial charge >= 0.3 is 0 Å². The van der Waals surface area contributed by atoms with Crippen molar-refractivity contribution < 1.29 is 9.53 Å². The van der Waals surface area contributed by atoms with Crippen LogP contribution < -0.4 is 4.74 Å². The van der Waals surface area contributed by atoms with Crippen molar-refractivity contribution in [1.82, 2.24) is 4.90 Å². The van der Waals surface area contributed by atoms with Crippen LogP contribution in [0, 0.1) is 12.8 Å². The number of piperidine rings is 1. The molecule has 2 aromatic rings. The smallest absolute Gasteiger partial charge is 0.222 e. The number of hydrogen-bond acceptors (Lipinski definition) is 3. The van der Waals surface area contributed by atoms with E-state index in [9.17, 15) is 4.79 Å². The third-order valence-corrected chi connectivity index (χ3v) is 5.48. The predicted molar refractivity (Wildman–Crippen MR) is 98.6 cm³/mol. The summed E-state index contributed by atoms with van der Waals surface area (Å²) in [6.07, 6.45) is 3.69. The second-order valence-corrected chi connectivity index (χ2v) is 7.58. The first-order chi connectivity index (χ1) is 11.7. The molecule has 0 spiro atoms. The van der Waals surface area contributed by atoms with Crippen LogP contribution in [0.25, 0.3) is 0 Å². The minimum atomic E-state index is 0.281. The topological polar surface area (TPSA) is 29.5 Å². The van der Waals surface area contributed by atoms with Gasteiger partial charge in [0.15, 0.2) is 0 Å². The molecular formula is C20H25NO2S. The van der Waals surface area contributed by atoms with E-state index in [2.05, 4.69) is 30.5 Å². The van der Waals surface area contributed by atoms with Crippen LogP contribution in [0.1, 0.15) is 29.7 Å². The van der Waals surface area contributed by atoms with Crippen LogP contribution >= 0.6 is 11.3 Å². The highest BCUT2D eigenvalue weighted by Gasteiger charge is 2.23. The van der Waals surface area contributed by atoms with E-state index >= 15 is 0 Å². The molecule has 128 valence electrons. The van der Waals surface area contributed by atoms with Crippen LogP contribution in [0.15, 0.2) is 41.8 Å². The quantitative estimate of drug-likeness (QED) is 0.782. The number of thiophene rings is 1. The molecule has 4 heteroatoms. The number of likely N-dealkylation sites (tertiary alicyclic amines) is 1. The molecule has 1 saturated heterocycles. The van der Waals surface area contributed by atoms with Gasteiger partial charge in [-0.25, -0.2) is 0 Å². The summed E-state index contributed by atoms with van der Waals surface area (Å²) in [5, 5.41) is 2.07. The maximum absolute atomic E-state index is 12.4. The number of rotatable bonds is 6. The molecule has 2 heterocycles. The minimum Gasteiger partial charge on any atom is -0.493 e. The van der Waals surface area contributed by atoms with Gasteiger partial charge in [-0.1, -0.05) is 23.8 Å². The van der Waals surface area contributed by atoms with Crippen LogP contribution in [0.2, 0.25) is 0 Å². The van der Waals surface area contributed by atoms with E-state index in [1.807, 2.05) is 23.1 Å². The monoisotopic (exact) mass is 343 g/mol. The Balaban J connectivity index is 1.45. The molecule has 1 aromatic carbocycles. The first-order valence-corrected chi connectivity index (χ1v) is 9.58. The standard InChI is InChI=1S/C20H25NO2S/c1-16-6-8-18(9-7-16)23-15-17-4-2-12-21(14-17)20(22)11-10-19-5-3-13-24-19/h3,5-9,13,17H,2,4,10-12,14-15H2,1H3. The summed E-state index contributed by atoms with van der Waals surface area (Å²) in [5.41, 5.74) is 1.24. The lowest BCUT2D eigenvalue weighted by Crippen LogP contribution is -2.41. The SMILES string of the molecule is Cc1ccc(OCC2CCCN(C(=O)CCc3cccs3)C2)cc1. The highest BCUT2D eigenvalue weighted by atomic mass is 32.1. The second-order valence-electron chi connectivity index (χ2n) is 6.55. The van der Waals surface area contributed by atoms with Gasteiger partial charge in [0.25, 0.3) is 0 Å². The summed E-state index contributed by atoms with van der Waals surface area (Å²) < 4.78 is 5.91. The van der Waals surface area contributed by atoms with E-state index in [1.165, 1.54) is 10.4 Å². The first-order valence-electron chi connectivity index (χ1n) is 8.70. The van der Waals surface area contributed by atoms with Gasteiger partial charge in [-0.05, 0) is 49.8 Å². The zero-order valence-corrected chi connectivity index (χ0v) is 15.1. The molecule has 3 rings (SSSR count). The molecular weight excluding hydrogens is 318 g/mol. The maximum atomic E-state index is 12.4. The highest BCUT2D eigenvalue weighted by molar-refractivity contribution is 7.09. The highest BCUT2D eigenvalue weighted by Crippen LogP contribution is 2.20. The minimum absolute atomic E-state index is 0.281. The molecule has 0 saturated carbocycles. The number of aryl methyl sites for hydroxylation is 2. The molecule has 1 fully saturated rings. The predicted octanol–water partition coefficient (Wildman–Crippen LogP) is 4.31. The molecule has 1 atom stereocenters. The number of ether oxygens (including phenoxy) is 1. The Hall–Kier alpha value is -1.81. The average molecular weight is 343 g/mol. The number of hydrogen-bond donors (Lipinski definition) is 0. The molecule has 1 amide bonds. The fraction of sp³-hybridized carbons (Fsp3) is 0.450. The molecule has 1 aromatic heterocycles. The van der Waals surface area contributed by atoms with Crippen molar-refractivity contribution in [3.05, 3.63) is 52.2 Å². The van der Waals surface area contributed by atoms with Gasteiger partial charge in [0.05, 0.1) is 6.61 Å². The molecule has 0 bridgehead atoms. The number of benzene rings is 1. The van der Waals surface area contributed by atoms with Crippen molar-refractivity contribution in [3.8, 4) is 5.75 Å². The Morgan fingerprint density at radius 3 is 2.88 bits per heavy atom. The van der Waals surface area contributed by atoms with Gasteiger partial charge in [0.2, 0.25) is 5.91 Å².